The SMILES string of the molecule is CCC(CC)C(=O)NC(C)c1nc2ccccc2n1C(C)C(C)=O. The van der Waals surface area contributed by atoms with Crippen molar-refractivity contribution in [3.05, 3.63) is 30.1 Å². The molecule has 1 aromatic heterocycles. The molecule has 0 aliphatic heterocycles. The van der Waals surface area contributed by atoms with Gasteiger partial charge in [-0.05, 0) is 45.7 Å². The zero-order chi connectivity index (χ0) is 17.9. The molecule has 0 spiro atoms. The molecular weight excluding hydrogens is 302 g/mol. The van der Waals surface area contributed by atoms with Crippen LogP contribution >= 0.6 is 0 Å². The first-order valence-corrected chi connectivity index (χ1v) is 8.68. The molecule has 130 valence electrons. The standard InChI is InChI=1S/C19H27N3O2/c1-6-15(7-2)19(24)20-12(3)18-21-16-10-8-9-11-17(16)22(18)13(4)14(5)23/h8-13,15H,6-7H2,1-5H3,(H,20,24). The molecule has 24 heavy (non-hydrogen) atoms. The molecule has 0 radical (unpaired) electrons. The molecular formula is C19H27N3O2. The first-order chi connectivity index (χ1) is 11.4. The summed E-state index contributed by atoms with van der Waals surface area (Å²) in [5.74, 6) is 0.841. The molecule has 2 aromatic rings. The van der Waals surface area contributed by atoms with Gasteiger partial charge in [0.1, 0.15) is 5.82 Å². The van der Waals surface area contributed by atoms with Crippen LogP contribution in [-0.4, -0.2) is 21.2 Å². The number of nitrogens with zero attached hydrogens (tertiary/aromatic N) is 2. The highest BCUT2D eigenvalue weighted by Gasteiger charge is 2.24. The van der Waals surface area contributed by atoms with Gasteiger partial charge < -0.3 is 9.88 Å². The first kappa shape index (κ1) is 18.2. The van der Waals surface area contributed by atoms with Gasteiger partial charge in [-0.2, -0.15) is 0 Å². The van der Waals surface area contributed by atoms with Crippen LogP contribution in [0.1, 0.15) is 65.4 Å². The van der Waals surface area contributed by atoms with E-state index in [1.54, 1.807) is 6.92 Å². The molecule has 2 atom stereocenters. The number of nitrogens with one attached hydrogen (secondary N) is 1. The molecule has 2 unspecified atom stereocenters. The number of imidazole rings is 1. The fourth-order valence-corrected chi connectivity index (χ4v) is 3.01. The van der Waals surface area contributed by atoms with Crippen molar-refractivity contribution in [1.82, 2.24) is 14.9 Å². The minimum Gasteiger partial charge on any atom is -0.346 e. The van der Waals surface area contributed by atoms with E-state index in [0.29, 0.717) is 0 Å². The third-order valence-corrected chi connectivity index (χ3v) is 4.70. The second-order valence-corrected chi connectivity index (χ2v) is 6.36. The Balaban J connectivity index is 2.41. The number of aromatic nitrogens is 2. The number of para-hydroxylation sites is 2. The van der Waals surface area contributed by atoms with Crippen molar-refractivity contribution in [2.24, 2.45) is 5.92 Å². The van der Waals surface area contributed by atoms with Crippen LogP contribution in [0.15, 0.2) is 24.3 Å². The maximum atomic E-state index is 12.4. The van der Waals surface area contributed by atoms with E-state index in [1.807, 2.05) is 56.5 Å². The molecule has 5 nitrogen and oxygen atoms in total. The van der Waals surface area contributed by atoms with Gasteiger partial charge in [0.25, 0.3) is 0 Å². The lowest BCUT2D eigenvalue weighted by Crippen LogP contribution is -2.34. The molecule has 0 saturated heterocycles. The van der Waals surface area contributed by atoms with E-state index >= 15 is 0 Å². The number of hydrogen-bond donors (Lipinski definition) is 1. The predicted molar refractivity (Wildman–Crippen MR) is 95.8 cm³/mol. The van der Waals surface area contributed by atoms with Crippen molar-refractivity contribution >= 4 is 22.7 Å². The number of benzene rings is 1. The molecule has 2 rings (SSSR count). The van der Waals surface area contributed by atoms with Crippen LogP contribution in [0.5, 0.6) is 0 Å². The van der Waals surface area contributed by atoms with E-state index in [-0.39, 0.29) is 29.7 Å². The summed E-state index contributed by atoms with van der Waals surface area (Å²) in [7, 11) is 0. The zero-order valence-electron chi connectivity index (χ0n) is 15.2. The van der Waals surface area contributed by atoms with Crippen LogP contribution < -0.4 is 5.32 Å². The second-order valence-electron chi connectivity index (χ2n) is 6.36. The summed E-state index contributed by atoms with van der Waals surface area (Å²) >= 11 is 0. The molecule has 0 aliphatic carbocycles. The van der Waals surface area contributed by atoms with Crippen molar-refractivity contribution < 1.29 is 9.59 Å². The van der Waals surface area contributed by atoms with Crippen molar-refractivity contribution in [2.45, 2.75) is 59.5 Å². The van der Waals surface area contributed by atoms with Gasteiger partial charge in [-0.3, -0.25) is 9.59 Å². The van der Waals surface area contributed by atoms with E-state index in [4.69, 9.17) is 0 Å². The zero-order valence-corrected chi connectivity index (χ0v) is 15.2. The monoisotopic (exact) mass is 329 g/mol. The lowest BCUT2D eigenvalue weighted by molar-refractivity contribution is -0.125. The Morgan fingerprint density at radius 1 is 1.17 bits per heavy atom. The van der Waals surface area contributed by atoms with E-state index in [9.17, 15) is 9.59 Å². The molecule has 1 aromatic carbocycles. The predicted octanol–water partition coefficient (Wildman–Crippen LogP) is 3.80. The lowest BCUT2D eigenvalue weighted by Gasteiger charge is -2.21. The number of carbonyl (C=O) groups excluding carboxylic acids is 2. The van der Waals surface area contributed by atoms with E-state index in [2.05, 4.69) is 10.3 Å². The number of hydrogen-bond acceptors (Lipinski definition) is 3. The van der Waals surface area contributed by atoms with Crippen LogP contribution in [0.4, 0.5) is 0 Å². The Labute approximate surface area is 143 Å². The summed E-state index contributed by atoms with van der Waals surface area (Å²) in [6.45, 7) is 9.41. The highest BCUT2D eigenvalue weighted by molar-refractivity contribution is 5.84. The highest BCUT2D eigenvalue weighted by Crippen LogP contribution is 2.26. The van der Waals surface area contributed by atoms with E-state index < -0.39 is 0 Å². The van der Waals surface area contributed by atoms with Gasteiger partial charge in [-0.1, -0.05) is 26.0 Å². The van der Waals surface area contributed by atoms with Gasteiger partial charge in [-0.15, -0.1) is 0 Å². The Bertz CT molecular complexity index is 731. The average molecular weight is 329 g/mol. The minimum absolute atomic E-state index is 0.00973. The van der Waals surface area contributed by atoms with E-state index in [1.165, 1.54) is 0 Å². The normalized spacial score (nSPS) is 13.9. The van der Waals surface area contributed by atoms with Crippen molar-refractivity contribution in [3.63, 3.8) is 0 Å². The topological polar surface area (TPSA) is 64.0 Å². The second kappa shape index (κ2) is 7.60. The van der Waals surface area contributed by atoms with Crippen molar-refractivity contribution in [3.8, 4) is 0 Å². The maximum absolute atomic E-state index is 12.4. The fourth-order valence-electron chi connectivity index (χ4n) is 3.01. The van der Waals surface area contributed by atoms with Crippen LogP contribution in [0.25, 0.3) is 11.0 Å². The quantitative estimate of drug-likeness (QED) is 0.840. The molecule has 1 N–H and O–H groups in total. The Morgan fingerprint density at radius 3 is 2.38 bits per heavy atom. The summed E-state index contributed by atoms with van der Waals surface area (Å²) in [5, 5.41) is 3.06. The minimum atomic E-state index is -0.320. The van der Waals surface area contributed by atoms with Gasteiger partial charge in [0.05, 0.1) is 23.1 Å². The fraction of sp³-hybridized carbons (Fsp3) is 0.526. The number of ketones is 1. The van der Waals surface area contributed by atoms with Crippen LogP contribution in [0, 0.1) is 5.92 Å². The molecule has 0 fully saturated rings. The average Bonchev–Trinajstić information content (AvgIpc) is 2.94. The van der Waals surface area contributed by atoms with Gasteiger partial charge in [-0.25, -0.2) is 4.98 Å². The van der Waals surface area contributed by atoms with Crippen molar-refractivity contribution in [1.29, 1.82) is 0 Å². The van der Waals surface area contributed by atoms with Crippen LogP contribution in [0.2, 0.25) is 0 Å². The Hall–Kier alpha value is -2.17. The Morgan fingerprint density at radius 2 is 1.79 bits per heavy atom. The molecule has 0 aliphatic rings. The Kier molecular flexibility index (Phi) is 5.75. The number of rotatable bonds is 7. The molecule has 5 heteroatoms. The van der Waals surface area contributed by atoms with Gasteiger partial charge in [0.2, 0.25) is 5.91 Å². The summed E-state index contributed by atoms with van der Waals surface area (Å²) < 4.78 is 1.94. The smallest absolute Gasteiger partial charge is 0.223 e. The number of amides is 1. The van der Waals surface area contributed by atoms with Gasteiger partial charge in [0.15, 0.2) is 5.78 Å². The molecule has 1 heterocycles. The number of carbonyl (C=O) groups is 2. The summed E-state index contributed by atoms with van der Waals surface area (Å²) in [5.41, 5.74) is 1.75. The molecule has 0 saturated carbocycles. The largest absolute Gasteiger partial charge is 0.346 e. The third-order valence-electron chi connectivity index (χ3n) is 4.70. The van der Waals surface area contributed by atoms with E-state index in [0.717, 1.165) is 29.7 Å². The summed E-state index contributed by atoms with van der Waals surface area (Å²) in [4.78, 5) is 29.0. The third kappa shape index (κ3) is 3.50. The van der Waals surface area contributed by atoms with Gasteiger partial charge >= 0.3 is 0 Å². The summed E-state index contributed by atoms with van der Waals surface area (Å²) in [6.07, 6.45) is 1.63. The summed E-state index contributed by atoms with van der Waals surface area (Å²) in [6, 6.07) is 7.17. The highest BCUT2D eigenvalue weighted by atomic mass is 16.2. The van der Waals surface area contributed by atoms with Crippen molar-refractivity contribution in [2.75, 3.05) is 0 Å². The van der Waals surface area contributed by atoms with Crippen LogP contribution in [0.3, 0.4) is 0 Å². The lowest BCUT2D eigenvalue weighted by atomic mass is 10.0. The number of Topliss-reactive ketones (excluding diaryl/α,β-unsaturated/α-hetero) is 1. The molecule has 0 bridgehead atoms. The van der Waals surface area contributed by atoms with Gasteiger partial charge in [0, 0.05) is 5.92 Å². The first-order valence-electron chi connectivity index (χ1n) is 8.68. The van der Waals surface area contributed by atoms with Crippen LogP contribution in [-0.2, 0) is 9.59 Å². The maximum Gasteiger partial charge on any atom is 0.223 e. The number of fused-ring (bicyclic) bond motifs is 1. The molecule has 1 amide bonds.